The van der Waals surface area contributed by atoms with Crippen LogP contribution in [0.3, 0.4) is 0 Å². The van der Waals surface area contributed by atoms with E-state index in [2.05, 4.69) is 73.9 Å². The van der Waals surface area contributed by atoms with Gasteiger partial charge in [-0.05, 0) is 80.9 Å². The first-order valence-electron chi connectivity index (χ1n) is 15.0. The molecule has 0 radical (unpaired) electrons. The van der Waals surface area contributed by atoms with Gasteiger partial charge in [-0.15, -0.1) is 0 Å². The summed E-state index contributed by atoms with van der Waals surface area (Å²) in [6.45, 7) is 9.00. The van der Waals surface area contributed by atoms with Gasteiger partial charge in [-0.3, -0.25) is 0 Å². The molecule has 0 bridgehead atoms. The first-order valence-corrected chi connectivity index (χ1v) is 15.0. The summed E-state index contributed by atoms with van der Waals surface area (Å²) in [6.07, 6.45) is 6.79. The van der Waals surface area contributed by atoms with Crippen LogP contribution in [0.4, 0.5) is 34.9 Å². The molecule has 0 aliphatic heterocycles. The van der Waals surface area contributed by atoms with Gasteiger partial charge in [0.15, 0.2) is 0 Å². The summed E-state index contributed by atoms with van der Waals surface area (Å²) in [5, 5.41) is 7.14. The molecule has 0 amide bonds. The second kappa shape index (κ2) is 10.1. The molecule has 4 aromatic carbocycles. The summed E-state index contributed by atoms with van der Waals surface area (Å²) in [5.74, 6) is 3.32. The fourth-order valence-electron chi connectivity index (χ4n) is 6.62. The molecule has 0 unspecified atom stereocenters. The number of furan rings is 4. The van der Waals surface area contributed by atoms with E-state index in [1.54, 1.807) is 25.1 Å². The summed E-state index contributed by atoms with van der Waals surface area (Å²) in [4.78, 5) is 4.14. The van der Waals surface area contributed by atoms with E-state index in [1.807, 2.05) is 48.5 Å². The Labute approximate surface area is 255 Å². The molecule has 0 spiro atoms. The van der Waals surface area contributed by atoms with Crippen molar-refractivity contribution in [1.82, 2.24) is 0 Å². The number of hydrogen-bond donors (Lipinski definition) is 0. The molecule has 6 heteroatoms. The highest BCUT2D eigenvalue weighted by molar-refractivity contribution is 6.29. The largest absolute Gasteiger partial charge is 0.448 e. The lowest BCUT2D eigenvalue weighted by Crippen LogP contribution is -2.11. The standard InChI is InChI=1S/C38H32N2O4/c1-23(2)29-21-31(39(33-9-5-17-41-33)34-10-6-18-42-34)27-16-14-26-30(24(3)4)22-32(28-15-13-25(29)37(27)38(26)28)40(35-11-7-19-43-35)36-12-8-20-44-36/h5-24H,1-4H3. The zero-order valence-corrected chi connectivity index (χ0v) is 25.1. The van der Waals surface area contributed by atoms with Crippen LogP contribution in [0.25, 0.3) is 32.3 Å². The third-order valence-electron chi connectivity index (χ3n) is 8.55. The molecular weight excluding hydrogens is 548 g/mol. The van der Waals surface area contributed by atoms with Crippen molar-refractivity contribution in [2.45, 2.75) is 39.5 Å². The Morgan fingerprint density at radius 1 is 0.432 bits per heavy atom. The second-order valence-electron chi connectivity index (χ2n) is 11.8. The van der Waals surface area contributed by atoms with E-state index in [1.165, 1.54) is 32.7 Å². The molecule has 44 heavy (non-hydrogen) atoms. The summed E-state index contributed by atoms with van der Waals surface area (Å²) < 4.78 is 23.9. The minimum Gasteiger partial charge on any atom is -0.448 e. The van der Waals surface area contributed by atoms with Crippen LogP contribution in [-0.2, 0) is 0 Å². The van der Waals surface area contributed by atoms with Crippen LogP contribution in [0.5, 0.6) is 0 Å². The van der Waals surface area contributed by atoms with Gasteiger partial charge in [0.05, 0.1) is 36.4 Å². The maximum absolute atomic E-state index is 5.99. The fourth-order valence-corrected chi connectivity index (χ4v) is 6.62. The molecule has 6 nitrogen and oxygen atoms in total. The van der Waals surface area contributed by atoms with Crippen LogP contribution < -0.4 is 9.80 Å². The van der Waals surface area contributed by atoms with E-state index in [0.717, 1.165) is 22.1 Å². The van der Waals surface area contributed by atoms with E-state index < -0.39 is 0 Å². The number of rotatable bonds is 8. The van der Waals surface area contributed by atoms with Crippen molar-refractivity contribution < 1.29 is 17.7 Å². The van der Waals surface area contributed by atoms with Gasteiger partial charge >= 0.3 is 0 Å². The monoisotopic (exact) mass is 580 g/mol. The van der Waals surface area contributed by atoms with Crippen molar-refractivity contribution in [3.63, 3.8) is 0 Å². The Morgan fingerprint density at radius 3 is 1.02 bits per heavy atom. The van der Waals surface area contributed by atoms with Gasteiger partial charge in [0.2, 0.25) is 23.5 Å². The van der Waals surface area contributed by atoms with Gasteiger partial charge in [-0.1, -0.05) is 52.0 Å². The SMILES string of the molecule is CC(C)c1cc(N(c2ccco2)c2ccco2)c2ccc3c(C(C)C)cc(N(c4ccco4)c4ccco4)c4ccc1c2c34. The lowest BCUT2D eigenvalue weighted by molar-refractivity contribution is 0.539. The summed E-state index contributed by atoms with van der Waals surface area (Å²) in [5.41, 5.74) is 4.53. The first-order chi connectivity index (χ1) is 21.5. The van der Waals surface area contributed by atoms with E-state index >= 15 is 0 Å². The van der Waals surface area contributed by atoms with Crippen LogP contribution in [0, 0.1) is 0 Å². The fraction of sp³-hybridized carbons (Fsp3) is 0.158. The van der Waals surface area contributed by atoms with E-state index in [4.69, 9.17) is 17.7 Å². The predicted octanol–water partition coefficient (Wildman–Crippen LogP) is 12.1. The van der Waals surface area contributed by atoms with Crippen LogP contribution in [0.2, 0.25) is 0 Å². The van der Waals surface area contributed by atoms with Crippen molar-refractivity contribution in [1.29, 1.82) is 0 Å². The first kappa shape index (κ1) is 26.3. The molecule has 0 N–H and O–H groups in total. The topological polar surface area (TPSA) is 59.0 Å². The molecule has 4 heterocycles. The molecule has 0 aliphatic carbocycles. The zero-order valence-electron chi connectivity index (χ0n) is 25.1. The molecule has 0 atom stereocenters. The van der Waals surface area contributed by atoms with Gasteiger partial charge in [0, 0.05) is 35.0 Å². The second-order valence-corrected chi connectivity index (χ2v) is 11.8. The number of benzene rings is 4. The average Bonchev–Trinajstić information content (AvgIpc) is 3.86. The lowest BCUT2D eigenvalue weighted by Gasteiger charge is -2.28. The van der Waals surface area contributed by atoms with Crippen LogP contribution >= 0.6 is 0 Å². The van der Waals surface area contributed by atoms with E-state index in [-0.39, 0.29) is 11.8 Å². The smallest absolute Gasteiger partial charge is 0.206 e. The number of nitrogens with zero attached hydrogens (tertiary/aromatic N) is 2. The molecule has 4 aromatic heterocycles. The highest BCUT2D eigenvalue weighted by atomic mass is 16.4. The molecule has 8 rings (SSSR count). The Bertz CT molecular complexity index is 1950. The van der Waals surface area contributed by atoms with Gasteiger partial charge < -0.3 is 17.7 Å². The van der Waals surface area contributed by atoms with Crippen molar-refractivity contribution in [2.75, 3.05) is 9.80 Å². The van der Waals surface area contributed by atoms with Gasteiger partial charge in [0.25, 0.3) is 0 Å². The average molecular weight is 581 g/mol. The van der Waals surface area contributed by atoms with Crippen molar-refractivity contribution >= 4 is 67.2 Å². The molecular formula is C38H32N2O4. The number of anilines is 6. The lowest BCUT2D eigenvalue weighted by atomic mass is 9.84. The quantitative estimate of drug-likeness (QED) is 0.167. The highest BCUT2D eigenvalue weighted by Gasteiger charge is 2.28. The molecule has 8 aromatic rings. The third-order valence-corrected chi connectivity index (χ3v) is 8.55. The Hall–Kier alpha value is -5.36. The third kappa shape index (κ3) is 3.94. The van der Waals surface area contributed by atoms with Gasteiger partial charge in [0.1, 0.15) is 0 Å². The predicted molar refractivity (Wildman–Crippen MR) is 177 cm³/mol. The zero-order chi connectivity index (χ0) is 29.9. The van der Waals surface area contributed by atoms with Crippen LogP contribution in [0.1, 0.15) is 50.7 Å². The maximum Gasteiger partial charge on any atom is 0.206 e. The maximum atomic E-state index is 5.99. The van der Waals surface area contributed by atoms with Crippen molar-refractivity contribution in [2.24, 2.45) is 0 Å². The minimum absolute atomic E-state index is 0.278. The van der Waals surface area contributed by atoms with Crippen LogP contribution in [-0.4, -0.2) is 0 Å². The molecule has 0 aliphatic rings. The Balaban J connectivity index is 1.53. The van der Waals surface area contributed by atoms with Crippen molar-refractivity contribution in [3.8, 4) is 0 Å². The Kier molecular flexibility index (Phi) is 6.05. The summed E-state index contributed by atoms with van der Waals surface area (Å²) in [7, 11) is 0. The Morgan fingerprint density at radius 2 is 0.750 bits per heavy atom. The van der Waals surface area contributed by atoms with Gasteiger partial charge in [-0.25, -0.2) is 9.80 Å². The molecule has 0 saturated carbocycles. The normalized spacial score (nSPS) is 12.0. The number of hydrogen-bond acceptors (Lipinski definition) is 6. The molecule has 0 saturated heterocycles. The van der Waals surface area contributed by atoms with E-state index in [9.17, 15) is 0 Å². The van der Waals surface area contributed by atoms with E-state index in [0.29, 0.717) is 23.5 Å². The van der Waals surface area contributed by atoms with Crippen LogP contribution in [0.15, 0.2) is 128 Å². The summed E-state index contributed by atoms with van der Waals surface area (Å²) in [6, 6.07) is 29.1. The summed E-state index contributed by atoms with van der Waals surface area (Å²) >= 11 is 0. The molecule has 218 valence electrons. The highest BCUT2D eigenvalue weighted by Crippen LogP contribution is 2.50. The van der Waals surface area contributed by atoms with Crippen molar-refractivity contribution in [3.05, 3.63) is 121 Å². The molecule has 0 fully saturated rings. The minimum atomic E-state index is 0.278. The van der Waals surface area contributed by atoms with Gasteiger partial charge in [-0.2, -0.15) is 0 Å².